The van der Waals surface area contributed by atoms with E-state index >= 15 is 0 Å². The molecule has 0 amide bonds. The lowest BCUT2D eigenvalue weighted by Crippen LogP contribution is -2.68. The van der Waals surface area contributed by atoms with Crippen LogP contribution in [0.1, 0.15) is 12.8 Å². The molecule has 3 rings (SSSR count). The second kappa shape index (κ2) is 3.61. The minimum absolute atomic E-state index is 0.115. The molecule has 1 N–H and O–H groups in total. The molecule has 0 spiro atoms. The van der Waals surface area contributed by atoms with Gasteiger partial charge in [-0.2, -0.15) is 0 Å². The van der Waals surface area contributed by atoms with Crippen LogP contribution in [0.5, 0.6) is 0 Å². The van der Waals surface area contributed by atoms with Crippen molar-refractivity contribution >= 4 is 5.78 Å². The summed E-state index contributed by atoms with van der Waals surface area (Å²) in [5.41, 5.74) is -0.726. The van der Waals surface area contributed by atoms with Crippen LogP contribution in [0.25, 0.3) is 0 Å². The van der Waals surface area contributed by atoms with Crippen molar-refractivity contribution < 1.29 is 14.6 Å². The highest BCUT2D eigenvalue weighted by Gasteiger charge is 2.52. The Kier molecular flexibility index (Phi) is 2.60. The molecule has 3 aliphatic heterocycles. The SMILES string of the molecule is COC[C@@]1(CO)C(=O)C2CCN1CC2. The molecular weight excluding hydrogens is 182 g/mol. The first-order chi connectivity index (χ1) is 6.74. The predicted octanol–water partition coefficient (Wildman–Crippen LogP) is -0.341. The topological polar surface area (TPSA) is 49.8 Å². The first kappa shape index (κ1) is 10.1. The van der Waals surface area contributed by atoms with Gasteiger partial charge in [0.1, 0.15) is 5.54 Å². The summed E-state index contributed by atoms with van der Waals surface area (Å²) < 4.78 is 5.08. The van der Waals surface area contributed by atoms with Gasteiger partial charge in [0.25, 0.3) is 0 Å². The number of hydrogen-bond acceptors (Lipinski definition) is 4. The Morgan fingerprint density at radius 1 is 1.57 bits per heavy atom. The van der Waals surface area contributed by atoms with Gasteiger partial charge in [-0.3, -0.25) is 9.69 Å². The van der Waals surface area contributed by atoms with Crippen molar-refractivity contribution in [2.45, 2.75) is 18.4 Å². The number of carbonyl (C=O) groups is 1. The highest BCUT2D eigenvalue weighted by atomic mass is 16.5. The number of carbonyl (C=O) groups excluding carboxylic acids is 1. The molecule has 3 saturated heterocycles. The second-order valence-electron chi connectivity index (χ2n) is 4.25. The van der Waals surface area contributed by atoms with E-state index in [1.807, 2.05) is 0 Å². The number of hydrogen-bond donors (Lipinski definition) is 1. The number of aliphatic hydroxyl groups excluding tert-OH is 1. The third kappa shape index (κ3) is 1.21. The van der Waals surface area contributed by atoms with Gasteiger partial charge in [-0.1, -0.05) is 0 Å². The normalized spacial score (nSPS) is 41.7. The maximum absolute atomic E-state index is 12.0. The molecule has 1 atom stereocenters. The zero-order chi connectivity index (χ0) is 10.2. The number of fused-ring (bicyclic) bond motifs is 3. The summed E-state index contributed by atoms with van der Waals surface area (Å²) in [7, 11) is 1.58. The van der Waals surface area contributed by atoms with E-state index in [4.69, 9.17) is 4.74 Å². The van der Waals surface area contributed by atoms with Gasteiger partial charge >= 0.3 is 0 Å². The van der Waals surface area contributed by atoms with Crippen molar-refractivity contribution in [3.63, 3.8) is 0 Å². The number of methoxy groups -OCH3 is 1. The van der Waals surface area contributed by atoms with E-state index in [0.29, 0.717) is 6.61 Å². The van der Waals surface area contributed by atoms with E-state index in [1.165, 1.54) is 0 Å². The van der Waals surface area contributed by atoms with Crippen molar-refractivity contribution in [2.75, 3.05) is 33.4 Å². The van der Waals surface area contributed by atoms with Crippen molar-refractivity contribution in [1.29, 1.82) is 0 Å². The lowest BCUT2D eigenvalue weighted by atomic mass is 9.74. The summed E-state index contributed by atoms with van der Waals surface area (Å²) in [5.74, 6) is 0.335. The Bertz CT molecular complexity index is 236. The fourth-order valence-electron chi connectivity index (χ4n) is 2.73. The molecule has 3 fully saturated rings. The lowest BCUT2D eigenvalue weighted by Gasteiger charge is -2.51. The standard InChI is InChI=1S/C10H17NO3/c1-14-7-10(6-12)9(13)8-2-4-11(10)5-3-8/h8,12H,2-7H2,1H3/t10-/m0/s1. The number of ketones is 1. The summed E-state index contributed by atoms with van der Waals surface area (Å²) in [6.07, 6.45) is 1.90. The predicted molar refractivity (Wildman–Crippen MR) is 51.0 cm³/mol. The maximum atomic E-state index is 12.0. The molecule has 3 heterocycles. The Morgan fingerprint density at radius 2 is 2.21 bits per heavy atom. The van der Waals surface area contributed by atoms with Crippen LogP contribution in [-0.4, -0.2) is 54.7 Å². The number of nitrogens with zero attached hydrogens (tertiary/aromatic N) is 1. The zero-order valence-electron chi connectivity index (χ0n) is 8.53. The van der Waals surface area contributed by atoms with Crippen LogP contribution >= 0.6 is 0 Å². The third-order valence-electron chi connectivity index (χ3n) is 3.57. The average molecular weight is 199 g/mol. The molecule has 0 radical (unpaired) electrons. The van der Waals surface area contributed by atoms with Crippen LogP contribution in [0, 0.1) is 5.92 Å². The van der Waals surface area contributed by atoms with E-state index in [2.05, 4.69) is 4.90 Å². The van der Waals surface area contributed by atoms with E-state index in [-0.39, 0.29) is 18.3 Å². The largest absolute Gasteiger partial charge is 0.394 e. The van der Waals surface area contributed by atoms with Crippen LogP contribution in [0.15, 0.2) is 0 Å². The van der Waals surface area contributed by atoms with E-state index < -0.39 is 5.54 Å². The average Bonchev–Trinajstić information content (AvgIpc) is 2.24. The van der Waals surface area contributed by atoms with Gasteiger partial charge in [-0.25, -0.2) is 0 Å². The molecule has 14 heavy (non-hydrogen) atoms. The first-order valence-corrected chi connectivity index (χ1v) is 5.14. The lowest BCUT2D eigenvalue weighted by molar-refractivity contribution is -0.158. The summed E-state index contributed by atoms with van der Waals surface area (Å²) in [6.45, 7) is 2.04. The number of aliphatic hydroxyl groups is 1. The zero-order valence-corrected chi connectivity index (χ0v) is 8.53. The van der Waals surface area contributed by atoms with E-state index in [0.717, 1.165) is 25.9 Å². The van der Waals surface area contributed by atoms with Crippen LogP contribution in [0.2, 0.25) is 0 Å². The molecule has 0 unspecified atom stereocenters. The molecule has 0 saturated carbocycles. The van der Waals surface area contributed by atoms with Gasteiger partial charge in [0.05, 0.1) is 13.2 Å². The van der Waals surface area contributed by atoms with Crippen molar-refractivity contribution in [2.24, 2.45) is 5.92 Å². The molecule has 2 bridgehead atoms. The number of piperidine rings is 3. The van der Waals surface area contributed by atoms with Gasteiger partial charge in [-0.15, -0.1) is 0 Å². The van der Waals surface area contributed by atoms with Crippen molar-refractivity contribution in [3.8, 4) is 0 Å². The maximum Gasteiger partial charge on any atom is 0.160 e. The van der Waals surface area contributed by atoms with Crippen LogP contribution < -0.4 is 0 Å². The number of rotatable bonds is 3. The first-order valence-electron chi connectivity index (χ1n) is 5.14. The quantitative estimate of drug-likeness (QED) is 0.675. The van der Waals surface area contributed by atoms with E-state index in [9.17, 15) is 9.90 Å². The molecule has 0 aliphatic carbocycles. The second-order valence-corrected chi connectivity index (χ2v) is 4.25. The number of Topliss-reactive ketones (excluding diaryl/α,β-unsaturated/α-hetero) is 1. The van der Waals surface area contributed by atoms with Gasteiger partial charge < -0.3 is 9.84 Å². The fourth-order valence-corrected chi connectivity index (χ4v) is 2.73. The highest BCUT2D eigenvalue weighted by Crippen LogP contribution is 2.36. The molecule has 4 heteroatoms. The Morgan fingerprint density at radius 3 is 2.64 bits per heavy atom. The van der Waals surface area contributed by atoms with Gasteiger partial charge in [0.15, 0.2) is 5.78 Å². The molecule has 80 valence electrons. The molecule has 4 nitrogen and oxygen atoms in total. The third-order valence-corrected chi connectivity index (χ3v) is 3.57. The minimum Gasteiger partial charge on any atom is -0.394 e. The van der Waals surface area contributed by atoms with Crippen molar-refractivity contribution in [1.82, 2.24) is 4.90 Å². The van der Waals surface area contributed by atoms with Crippen LogP contribution in [0.4, 0.5) is 0 Å². The smallest absolute Gasteiger partial charge is 0.160 e. The van der Waals surface area contributed by atoms with Gasteiger partial charge in [0.2, 0.25) is 0 Å². The summed E-state index contributed by atoms with van der Waals surface area (Å²) >= 11 is 0. The Hall–Kier alpha value is -0.450. The van der Waals surface area contributed by atoms with Crippen LogP contribution in [-0.2, 0) is 9.53 Å². The fraction of sp³-hybridized carbons (Fsp3) is 0.900. The van der Waals surface area contributed by atoms with Gasteiger partial charge in [-0.05, 0) is 25.9 Å². The summed E-state index contributed by atoms with van der Waals surface area (Å²) in [6, 6.07) is 0. The highest BCUT2D eigenvalue weighted by molar-refractivity contribution is 5.92. The van der Waals surface area contributed by atoms with Crippen LogP contribution in [0.3, 0.4) is 0 Å². The molecule has 0 aromatic rings. The molecule has 0 aromatic heterocycles. The summed E-state index contributed by atoms with van der Waals surface area (Å²) in [5, 5.41) is 9.42. The molecular formula is C10H17NO3. The number of ether oxygens (including phenoxy) is 1. The Labute approximate surface area is 83.8 Å². The Balaban J connectivity index is 2.26. The van der Waals surface area contributed by atoms with Crippen molar-refractivity contribution in [3.05, 3.63) is 0 Å². The van der Waals surface area contributed by atoms with E-state index in [1.54, 1.807) is 7.11 Å². The van der Waals surface area contributed by atoms with Gasteiger partial charge in [0, 0.05) is 13.0 Å². The molecule has 3 aliphatic rings. The minimum atomic E-state index is -0.726. The monoisotopic (exact) mass is 199 g/mol. The molecule has 0 aromatic carbocycles. The summed E-state index contributed by atoms with van der Waals surface area (Å²) in [4.78, 5) is 14.1.